The van der Waals surface area contributed by atoms with Gasteiger partial charge in [-0.1, -0.05) is 18.2 Å². The predicted molar refractivity (Wildman–Crippen MR) is 117 cm³/mol. The average Bonchev–Trinajstić information content (AvgIpc) is 3.14. The zero-order valence-corrected chi connectivity index (χ0v) is 18.1. The first-order valence-corrected chi connectivity index (χ1v) is 11.2. The molecule has 0 radical (unpaired) electrons. The number of nitro groups is 1. The lowest BCUT2D eigenvalue weighted by atomic mass is 10.1. The summed E-state index contributed by atoms with van der Waals surface area (Å²) in [6.45, 7) is 0.0928. The number of halogens is 1. The number of nitro benzene ring substituents is 1. The van der Waals surface area contributed by atoms with E-state index in [0.717, 1.165) is 5.56 Å². The molecule has 4 rings (SSSR count). The van der Waals surface area contributed by atoms with Gasteiger partial charge in [0, 0.05) is 24.2 Å². The average molecular weight is 486 g/mol. The number of carbonyl (C=O) groups is 1. The minimum Gasteiger partial charge on any atom is -0.303 e. The van der Waals surface area contributed by atoms with Crippen molar-refractivity contribution in [2.24, 2.45) is 0 Å². The Morgan fingerprint density at radius 1 is 1.23 bits per heavy atom. The van der Waals surface area contributed by atoms with Crippen molar-refractivity contribution in [3.8, 4) is 0 Å². The van der Waals surface area contributed by atoms with Crippen molar-refractivity contribution in [3.05, 3.63) is 92.2 Å². The molecule has 0 saturated carbocycles. The van der Waals surface area contributed by atoms with E-state index in [-0.39, 0.29) is 18.1 Å². The monoisotopic (exact) mass is 485 g/mol. The highest BCUT2D eigenvalue weighted by molar-refractivity contribution is 9.10. The van der Waals surface area contributed by atoms with Crippen LogP contribution in [0.25, 0.3) is 0 Å². The highest BCUT2D eigenvalue weighted by atomic mass is 79.9. The van der Waals surface area contributed by atoms with Crippen molar-refractivity contribution < 1.29 is 13.9 Å². The van der Waals surface area contributed by atoms with Crippen molar-refractivity contribution in [2.45, 2.75) is 17.9 Å². The number of benzene rings is 2. The van der Waals surface area contributed by atoms with E-state index < -0.39 is 15.7 Å². The minimum atomic E-state index is -1.20. The van der Waals surface area contributed by atoms with Crippen LogP contribution in [0.5, 0.6) is 0 Å². The number of aromatic nitrogens is 1. The molecule has 0 fully saturated rings. The molecule has 0 N–H and O–H groups in total. The molecule has 30 heavy (non-hydrogen) atoms. The van der Waals surface area contributed by atoms with Gasteiger partial charge in [-0.05, 0) is 57.7 Å². The van der Waals surface area contributed by atoms with E-state index in [1.54, 1.807) is 36.5 Å². The fourth-order valence-electron chi connectivity index (χ4n) is 3.44. The lowest BCUT2D eigenvalue weighted by molar-refractivity contribution is -0.385. The predicted octanol–water partition coefficient (Wildman–Crippen LogP) is 4.26. The molecule has 2 heterocycles. The van der Waals surface area contributed by atoms with E-state index in [0.29, 0.717) is 38.4 Å². The van der Waals surface area contributed by atoms with Crippen molar-refractivity contribution in [1.82, 2.24) is 4.98 Å². The molecule has 0 saturated heterocycles. The highest BCUT2D eigenvalue weighted by Crippen LogP contribution is 2.35. The summed E-state index contributed by atoms with van der Waals surface area (Å²) in [7, 11) is -1.20. The Hall–Kier alpha value is -2.91. The molecule has 0 spiro atoms. The Labute approximate surface area is 183 Å². The van der Waals surface area contributed by atoms with Crippen LogP contribution in [0, 0.1) is 10.1 Å². The highest BCUT2D eigenvalue weighted by Gasteiger charge is 2.28. The van der Waals surface area contributed by atoms with Crippen molar-refractivity contribution in [3.63, 3.8) is 0 Å². The second-order valence-electron chi connectivity index (χ2n) is 6.74. The number of hydrogen-bond donors (Lipinski definition) is 0. The summed E-state index contributed by atoms with van der Waals surface area (Å²) < 4.78 is 13.0. The number of anilines is 1. The molecule has 7 nitrogen and oxygen atoms in total. The van der Waals surface area contributed by atoms with Gasteiger partial charge in [0.2, 0.25) is 0 Å². The Balaban J connectivity index is 1.81. The van der Waals surface area contributed by atoms with E-state index in [4.69, 9.17) is 0 Å². The van der Waals surface area contributed by atoms with Gasteiger partial charge in [-0.3, -0.25) is 24.1 Å². The third kappa shape index (κ3) is 3.90. The van der Waals surface area contributed by atoms with Crippen LogP contribution in [-0.2, 0) is 23.8 Å². The van der Waals surface area contributed by atoms with E-state index in [1.165, 1.54) is 17.2 Å². The number of aryl methyl sites for hydroxylation is 1. The third-order valence-electron chi connectivity index (χ3n) is 4.85. The van der Waals surface area contributed by atoms with Gasteiger partial charge in [-0.2, -0.15) is 0 Å². The fourth-order valence-corrected chi connectivity index (χ4v) is 5.31. The number of hydrogen-bond acceptors (Lipinski definition) is 5. The van der Waals surface area contributed by atoms with Crippen LogP contribution in [0.1, 0.15) is 21.5 Å². The summed E-state index contributed by atoms with van der Waals surface area (Å²) in [5, 5.41) is 11.3. The van der Waals surface area contributed by atoms with Gasteiger partial charge in [-0.15, -0.1) is 0 Å². The summed E-state index contributed by atoms with van der Waals surface area (Å²) >= 11 is 3.19. The van der Waals surface area contributed by atoms with Gasteiger partial charge in [0.25, 0.3) is 11.6 Å². The van der Waals surface area contributed by atoms with Crippen LogP contribution in [0.2, 0.25) is 0 Å². The molecule has 1 aliphatic heterocycles. The Morgan fingerprint density at radius 2 is 2.07 bits per heavy atom. The molecule has 0 bridgehead atoms. The molecule has 2 aromatic carbocycles. The summed E-state index contributed by atoms with van der Waals surface area (Å²) in [6, 6.07) is 13.6. The molecule has 3 aromatic rings. The molecule has 1 atom stereocenters. The molecule has 0 aliphatic carbocycles. The van der Waals surface area contributed by atoms with Gasteiger partial charge in [0.15, 0.2) is 0 Å². The largest absolute Gasteiger partial charge is 0.303 e. The van der Waals surface area contributed by atoms with Crippen LogP contribution in [-0.4, -0.2) is 25.8 Å². The van der Waals surface area contributed by atoms with E-state index in [9.17, 15) is 19.1 Å². The SMILES string of the molecule is O=C(c1cccnc1)N(Cc1ccc(Br)c([N+](=O)[O-])c1)c1cccc2c1S(=O)CC2. The zero-order chi connectivity index (χ0) is 21.3. The molecule has 152 valence electrons. The summed E-state index contributed by atoms with van der Waals surface area (Å²) in [4.78, 5) is 30.4. The number of carbonyl (C=O) groups excluding carboxylic acids is 1. The van der Waals surface area contributed by atoms with Crippen LogP contribution in [0.3, 0.4) is 0 Å². The molecule has 1 aromatic heterocycles. The van der Waals surface area contributed by atoms with Crippen molar-refractivity contribution in [2.75, 3.05) is 10.7 Å². The molecule has 1 amide bonds. The zero-order valence-electron chi connectivity index (χ0n) is 15.7. The Bertz CT molecular complexity index is 1170. The molecule has 1 aliphatic rings. The number of amides is 1. The number of pyridine rings is 1. The first-order valence-electron chi connectivity index (χ1n) is 9.10. The van der Waals surface area contributed by atoms with Crippen molar-refractivity contribution in [1.29, 1.82) is 0 Å². The van der Waals surface area contributed by atoms with E-state index in [2.05, 4.69) is 20.9 Å². The standard InChI is InChI=1S/C21H16BrN3O4S/c22-17-7-6-14(11-19(17)25(27)28)13-24(21(26)16-4-2-9-23-12-16)18-5-1-3-15-8-10-30(29)20(15)18/h1-7,9,11-12H,8,10,13H2. The second-order valence-corrected chi connectivity index (χ2v) is 9.10. The quantitative estimate of drug-likeness (QED) is 0.397. The van der Waals surface area contributed by atoms with Crippen LogP contribution >= 0.6 is 15.9 Å². The van der Waals surface area contributed by atoms with Crippen LogP contribution in [0.15, 0.2) is 70.3 Å². The van der Waals surface area contributed by atoms with Gasteiger partial charge in [0.05, 0.1) is 42.9 Å². The number of fused-ring (bicyclic) bond motifs is 1. The van der Waals surface area contributed by atoms with Crippen LogP contribution in [0.4, 0.5) is 11.4 Å². The van der Waals surface area contributed by atoms with Crippen LogP contribution < -0.4 is 4.90 Å². The smallest absolute Gasteiger partial charge is 0.283 e. The van der Waals surface area contributed by atoms with E-state index >= 15 is 0 Å². The molecular weight excluding hydrogens is 470 g/mol. The lowest BCUT2D eigenvalue weighted by Gasteiger charge is -2.25. The Morgan fingerprint density at radius 3 is 2.80 bits per heavy atom. The number of nitrogens with zero attached hydrogens (tertiary/aromatic N) is 3. The Kier molecular flexibility index (Phi) is 5.74. The van der Waals surface area contributed by atoms with Gasteiger partial charge >= 0.3 is 0 Å². The topological polar surface area (TPSA) is 93.4 Å². The van der Waals surface area contributed by atoms with Crippen molar-refractivity contribution >= 4 is 44.0 Å². The second kappa shape index (κ2) is 8.45. The van der Waals surface area contributed by atoms with E-state index in [1.807, 2.05) is 12.1 Å². The third-order valence-corrected chi connectivity index (χ3v) is 7.02. The maximum Gasteiger partial charge on any atom is 0.283 e. The summed E-state index contributed by atoms with van der Waals surface area (Å²) in [5.41, 5.74) is 2.40. The molecule has 9 heteroatoms. The molecular formula is C21H16BrN3O4S. The summed E-state index contributed by atoms with van der Waals surface area (Å²) in [5.74, 6) is 0.205. The molecule has 1 unspecified atom stereocenters. The normalized spacial score (nSPS) is 14.9. The van der Waals surface area contributed by atoms with Gasteiger partial charge in [-0.25, -0.2) is 0 Å². The first kappa shape index (κ1) is 20.4. The maximum atomic E-state index is 13.4. The van der Waals surface area contributed by atoms with Gasteiger partial charge < -0.3 is 4.90 Å². The maximum absolute atomic E-state index is 13.4. The van der Waals surface area contributed by atoms with Gasteiger partial charge in [0.1, 0.15) is 0 Å². The summed E-state index contributed by atoms with van der Waals surface area (Å²) in [6.07, 6.45) is 3.74. The fraction of sp³-hybridized carbons (Fsp3) is 0.143. The first-order chi connectivity index (χ1) is 14.5. The minimum absolute atomic E-state index is 0.0804. The lowest BCUT2D eigenvalue weighted by Crippen LogP contribution is -2.31. The number of rotatable bonds is 5.